The van der Waals surface area contributed by atoms with Crippen molar-refractivity contribution in [3.8, 4) is 11.3 Å². The van der Waals surface area contributed by atoms with Gasteiger partial charge < -0.3 is 5.73 Å². The van der Waals surface area contributed by atoms with Crippen molar-refractivity contribution in [2.75, 3.05) is 0 Å². The number of pyridine rings is 2. The summed E-state index contributed by atoms with van der Waals surface area (Å²) in [7, 11) is 0. The number of nitrogens with two attached hydrogens (primary N) is 1. The monoisotopic (exact) mass is 403 g/mol. The first-order chi connectivity index (χ1) is 14.5. The maximum absolute atomic E-state index is 14.5. The number of hydrogen-bond donors (Lipinski definition) is 2. The molecule has 0 unspecified atom stereocenters. The second-order valence-electron chi connectivity index (χ2n) is 6.96. The zero-order valence-corrected chi connectivity index (χ0v) is 15.6. The average Bonchev–Trinajstić information content (AvgIpc) is 2.72. The normalized spacial score (nSPS) is 11.4. The molecule has 0 radical (unpaired) electrons. The van der Waals surface area contributed by atoms with E-state index in [1.807, 2.05) is 12.1 Å². The van der Waals surface area contributed by atoms with Crippen molar-refractivity contribution in [3.63, 3.8) is 0 Å². The van der Waals surface area contributed by atoms with E-state index in [0.717, 1.165) is 10.9 Å². The van der Waals surface area contributed by atoms with Crippen LogP contribution in [0.5, 0.6) is 0 Å². The number of nitrogens with one attached hydrogen (secondary N) is 1. The highest BCUT2D eigenvalue weighted by atomic mass is 19.1. The third-order valence-corrected chi connectivity index (χ3v) is 5.02. The first-order valence-electron chi connectivity index (χ1n) is 9.18. The summed E-state index contributed by atoms with van der Waals surface area (Å²) in [5.41, 5.74) is 8.52. The van der Waals surface area contributed by atoms with E-state index in [-0.39, 0.29) is 17.9 Å². The van der Waals surface area contributed by atoms with Crippen LogP contribution in [0.2, 0.25) is 0 Å². The fourth-order valence-electron chi connectivity index (χ4n) is 3.47. The van der Waals surface area contributed by atoms with Crippen LogP contribution in [0.15, 0.2) is 60.8 Å². The van der Waals surface area contributed by atoms with Gasteiger partial charge in [0, 0.05) is 28.8 Å². The minimum atomic E-state index is -0.827. The van der Waals surface area contributed by atoms with Gasteiger partial charge in [-0.2, -0.15) is 0 Å². The Kier molecular flexibility index (Phi) is 4.06. The van der Waals surface area contributed by atoms with Gasteiger partial charge in [-0.3, -0.25) is 19.6 Å². The number of carbonyl (C=O) groups is 1. The molecule has 0 spiro atoms. The van der Waals surface area contributed by atoms with Crippen molar-refractivity contribution in [2.24, 2.45) is 5.73 Å². The molecule has 2 aromatic carbocycles. The first kappa shape index (κ1) is 18.0. The summed E-state index contributed by atoms with van der Waals surface area (Å²) in [5.74, 6) is -1.88. The molecule has 0 aliphatic heterocycles. The van der Waals surface area contributed by atoms with Crippen molar-refractivity contribution < 1.29 is 13.6 Å². The van der Waals surface area contributed by atoms with E-state index in [1.165, 1.54) is 18.2 Å². The maximum atomic E-state index is 14.5. The Morgan fingerprint density at radius 3 is 2.73 bits per heavy atom. The van der Waals surface area contributed by atoms with E-state index >= 15 is 0 Å². The molecule has 3 aromatic heterocycles. The fraction of sp³-hybridized carbons (Fsp3) is 0.0455. The molecule has 8 heteroatoms. The number of fused-ring (bicyclic) bond motifs is 2. The number of aromatic nitrogens is 4. The van der Waals surface area contributed by atoms with Crippen molar-refractivity contribution >= 4 is 28.0 Å². The van der Waals surface area contributed by atoms with Gasteiger partial charge in [0.15, 0.2) is 5.65 Å². The SMILES string of the molecule is NC(=O)c1ccc(-c2ccc3[nH]n(Cc4cc5cccnc5cc4F)c3n2)cc1F. The second-order valence-corrected chi connectivity index (χ2v) is 6.96. The third-order valence-electron chi connectivity index (χ3n) is 5.02. The number of H-pyrrole nitrogens is 1. The molecule has 0 bridgehead atoms. The quantitative estimate of drug-likeness (QED) is 0.475. The van der Waals surface area contributed by atoms with Gasteiger partial charge in [0.1, 0.15) is 11.6 Å². The van der Waals surface area contributed by atoms with E-state index in [4.69, 9.17) is 5.73 Å². The standard InChI is InChI=1S/C22H15F2N5O/c23-16-10-20-12(2-1-7-26-20)8-14(16)11-29-22-19(28-29)6-5-18(27-22)13-3-4-15(21(25)30)17(24)9-13/h1-10,28H,11H2,(H2,25,30). The Labute approximate surface area is 169 Å². The molecule has 0 aliphatic rings. The maximum Gasteiger partial charge on any atom is 0.251 e. The molecule has 0 saturated carbocycles. The Hall–Kier alpha value is -4.07. The lowest BCUT2D eigenvalue weighted by atomic mass is 10.1. The summed E-state index contributed by atoms with van der Waals surface area (Å²) in [5, 5.41) is 3.96. The van der Waals surface area contributed by atoms with Crippen LogP contribution in [0, 0.1) is 11.6 Å². The Balaban J connectivity index is 1.50. The minimum Gasteiger partial charge on any atom is -0.366 e. The van der Waals surface area contributed by atoms with E-state index in [0.29, 0.717) is 28.0 Å². The van der Waals surface area contributed by atoms with Crippen LogP contribution in [0.4, 0.5) is 8.78 Å². The molecule has 148 valence electrons. The van der Waals surface area contributed by atoms with Crippen LogP contribution < -0.4 is 5.73 Å². The fourth-order valence-corrected chi connectivity index (χ4v) is 3.47. The van der Waals surface area contributed by atoms with Crippen molar-refractivity contribution in [3.05, 3.63) is 83.6 Å². The zero-order valence-electron chi connectivity index (χ0n) is 15.6. The molecule has 5 rings (SSSR count). The van der Waals surface area contributed by atoms with Gasteiger partial charge in [-0.05, 0) is 36.4 Å². The predicted octanol–water partition coefficient (Wildman–Crippen LogP) is 4.01. The molecule has 5 aromatic rings. The van der Waals surface area contributed by atoms with Gasteiger partial charge in [-0.25, -0.2) is 13.8 Å². The van der Waals surface area contributed by atoms with Crippen LogP contribution in [0.25, 0.3) is 33.3 Å². The highest BCUT2D eigenvalue weighted by Crippen LogP contribution is 2.25. The molecule has 0 saturated heterocycles. The highest BCUT2D eigenvalue weighted by Gasteiger charge is 2.14. The number of amides is 1. The number of nitrogens with zero attached hydrogens (tertiary/aromatic N) is 3. The lowest BCUT2D eigenvalue weighted by molar-refractivity contribution is 0.0996. The average molecular weight is 403 g/mol. The molecule has 0 aliphatic carbocycles. The van der Waals surface area contributed by atoms with Crippen LogP contribution in [0.1, 0.15) is 15.9 Å². The third kappa shape index (κ3) is 2.98. The van der Waals surface area contributed by atoms with Gasteiger partial charge in [0.2, 0.25) is 0 Å². The smallest absolute Gasteiger partial charge is 0.251 e. The van der Waals surface area contributed by atoms with Gasteiger partial charge in [0.25, 0.3) is 5.91 Å². The van der Waals surface area contributed by atoms with Gasteiger partial charge >= 0.3 is 0 Å². The number of benzene rings is 2. The molecule has 0 atom stereocenters. The van der Waals surface area contributed by atoms with Crippen LogP contribution in [-0.4, -0.2) is 25.7 Å². The van der Waals surface area contributed by atoms with Gasteiger partial charge in [-0.15, -0.1) is 0 Å². The predicted molar refractivity (Wildman–Crippen MR) is 109 cm³/mol. The lowest BCUT2D eigenvalue weighted by Crippen LogP contribution is -2.15. The molecule has 3 heterocycles. The summed E-state index contributed by atoms with van der Waals surface area (Å²) in [4.78, 5) is 19.9. The first-order valence-corrected chi connectivity index (χ1v) is 9.18. The van der Waals surface area contributed by atoms with E-state index in [9.17, 15) is 13.6 Å². The summed E-state index contributed by atoms with van der Waals surface area (Å²) in [6, 6.07) is 14.6. The number of hydrogen-bond acceptors (Lipinski definition) is 3. The summed E-state index contributed by atoms with van der Waals surface area (Å²) < 4.78 is 30.3. The number of primary amides is 1. The zero-order chi connectivity index (χ0) is 20.8. The topological polar surface area (TPSA) is 89.6 Å². The molecular formula is C22H15F2N5O. The highest BCUT2D eigenvalue weighted by molar-refractivity contribution is 5.93. The van der Waals surface area contributed by atoms with Crippen molar-refractivity contribution in [1.82, 2.24) is 19.7 Å². The number of halogens is 2. The lowest BCUT2D eigenvalue weighted by Gasteiger charge is -2.17. The summed E-state index contributed by atoms with van der Waals surface area (Å²) >= 11 is 0. The van der Waals surface area contributed by atoms with Gasteiger partial charge in [-0.1, -0.05) is 12.1 Å². The van der Waals surface area contributed by atoms with Crippen LogP contribution in [0.3, 0.4) is 0 Å². The Bertz CT molecular complexity index is 1440. The van der Waals surface area contributed by atoms with Crippen molar-refractivity contribution in [1.29, 1.82) is 0 Å². The van der Waals surface area contributed by atoms with E-state index in [1.54, 1.807) is 35.1 Å². The summed E-state index contributed by atoms with van der Waals surface area (Å²) in [6.45, 7) is 0.259. The van der Waals surface area contributed by atoms with Crippen LogP contribution in [-0.2, 0) is 6.54 Å². The summed E-state index contributed by atoms with van der Waals surface area (Å²) in [6.07, 6.45) is 1.62. The molecule has 1 amide bonds. The van der Waals surface area contributed by atoms with E-state index in [2.05, 4.69) is 15.1 Å². The molecular weight excluding hydrogens is 388 g/mol. The second kappa shape index (κ2) is 6.77. The van der Waals surface area contributed by atoms with Crippen LogP contribution >= 0.6 is 0 Å². The molecule has 6 nitrogen and oxygen atoms in total. The number of rotatable bonds is 4. The number of carbonyl (C=O) groups excluding carboxylic acids is 1. The molecule has 30 heavy (non-hydrogen) atoms. The largest absolute Gasteiger partial charge is 0.366 e. The van der Waals surface area contributed by atoms with Gasteiger partial charge in [0.05, 0.1) is 28.8 Å². The molecule has 3 N–H and O–H groups in total. The van der Waals surface area contributed by atoms with Crippen molar-refractivity contribution in [2.45, 2.75) is 6.54 Å². The molecule has 0 fully saturated rings. The van der Waals surface area contributed by atoms with E-state index < -0.39 is 11.7 Å². The number of aromatic amines is 1. The Morgan fingerprint density at radius 2 is 1.93 bits per heavy atom. The Morgan fingerprint density at radius 1 is 1.07 bits per heavy atom. The minimum absolute atomic E-state index is 0.174.